The van der Waals surface area contributed by atoms with E-state index in [0.717, 1.165) is 6.29 Å². The van der Waals surface area contributed by atoms with Crippen LogP contribution in [0.1, 0.15) is 10.4 Å². The third kappa shape index (κ3) is 2.63. The first-order chi connectivity index (χ1) is 11.7. The molecule has 4 rings (SSSR count). The number of rotatable bonds is 3. The summed E-state index contributed by atoms with van der Waals surface area (Å²) in [4.78, 5) is 26.6. The third-order valence-electron chi connectivity index (χ3n) is 3.58. The molecule has 0 unspecified atom stereocenters. The van der Waals surface area contributed by atoms with Crippen LogP contribution in [-0.2, 0) is 0 Å². The second-order valence-corrected chi connectivity index (χ2v) is 5.26. The van der Waals surface area contributed by atoms with E-state index in [9.17, 15) is 9.59 Å². The van der Waals surface area contributed by atoms with Crippen molar-refractivity contribution in [3.8, 4) is 23.0 Å². The van der Waals surface area contributed by atoms with Gasteiger partial charge in [-0.1, -0.05) is 0 Å². The van der Waals surface area contributed by atoms with E-state index >= 15 is 0 Å². The fourth-order valence-corrected chi connectivity index (χ4v) is 2.40. The number of carbonyl (C=O) groups excluding carboxylic acids is 1. The summed E-state index contributed by atoms with van der Waals surface area (Å²) in [5.41, 5.74) is 2.27. The summed E-state index contributed by atoms with van der Waals surface area (Å²) in [6, 6.07) is 16.6. The van der Waals surface area contributed by atoms with Crippen LogP contribution in [0.3, 0.4) is 0 Å². The van der Waals surface area contributed by atoms with Crippen LogP contribution < -0.4 is 10.2 Å². The molecule has 1 heterocycles. The van der Waals surface area contributed by atoms with E-state index in [0.29, 0.717) is 39.6 Å². The molecule has 1 aliphatic heterocycles. The number of aldehydes is 1. The number of aromatic nitrogens is 1. The van der Waals surface area contributed by atoms with Gasteiger partial charge in [0.1, 0.15) is 29.0 Å². The fourth-order valence-electron chi connectivity index (χ4n) is 2.40. The van der Waals surface area contributed by atoms with E-state index in [1.807, 2.05) is 0 Å². The number of carbonyl (C=O) groups is 1. The van der Waals surface area contributed by atoms with Crippen molar-refractivity contribution in [1.82, 2.24) is 4.98 Å². The van der Waals surface area contributed by atoms with Gasteiger partial charge in [-0.15, -0.1) is 0 Å². The highest BCUT2D eigenvalue weighted by Gasteiger charge is 2.10. The molecule has 0 amide bonds. The first kappa shape index (κ1) is 14.1. The number of benzene rings is 3. The lowest BCUT2D eigenvalue weighted by Crippen LogP contribution is -1.99. The summed E-state index contributed by atoms with van der Waals surface area (Å²) in [7, 11) is 0. The van der Waals surface area contributed by atoms with Gasteiger partial charge in [0.15, 0.2) is 16.8 Å². The van der Waals surface area contributed by atoms with Gasteiger partial charge in [-0.25, -0.2) is 4.98 Å². The average molecular weight is 317 g/mol. The van der Waals surface area contributed by atoms with Crippen LogP contribution in [0.25, 0.3) is 22.6 Å². The second-order valence-electron chi connectivity index (χ2n) is 5.26. The highest BCUT2D eigenvalue weighted by Crippen LogP contribution is 2.28. The van der Waals surface area contributed by atoms with Gasteiger partial charge in [0.05, 0.1) is 0 Å². The van der Waals surface area contributed by atoms with Crippen molar-refractivity contribution in [2.24, 2.45) is 0 Å². The molecular weight excluding hydrogens is 306 g/mol. The van der Waals surface area contributed by atoms with Crippen LogP contribution in [0, 0.1) is 0 Å². The summed E-state index contributed by atoms with van der Waals surface area (Å²) >= 11 is 0. The summed E-state index contributed by atoms with van der Waals surface area (Å²) in [5.74, 6) is 1.61. The maximum absolute atomic E-state index is 11.4. The minimum Gasteiger partial charge on any atom is -0.457 e. The topological polar surface area (TPSA) is 69.4 Å². The zero-order valence-electron chi connectivity index (χ0n) is 12.4. The standard InChI is InChI=1S/C19H11NO4/c21-11-12-1-4-14(5-2-12)23-15-6-8-17-19(10-15)24-18-9-13(22)3-7-16(18)20-17/h1-11H. The number of hydrogen-bond donors (Lipinski definition) is 0. The Balaban J connectivity index is 1.74. The van der Waals surface area contributed by atoms with Crippen molar-refractivity contribution in [3.63, 3.8) is 0 Å². The number of ether oxygens (including phenoxy) is 1. The van der Waals surface area contributed by atoms with Crippen molar-refractivity contribution in [2.75, 3.05) is 0 Å². The summed E-state index contributed by atoms with van der Waals surface area (Å²) in [6.45, 7) is 0. The van der Waals surface area contributed by atoms with Gasteiger partial charge < -0.3 is 9.15 Å². The molecule has 0 atom stereocenters. The molecule has 0 radical (unpaired) electrons. The minimum absolute atomic E-state index is 0.130. The molecule has 0 spiro atoms. The molecule has 1 aliphatic carbocycles. The van der Waals surface area contributed by atoms with Crippen molar-refractivity contribution >= 4 is 17.4 Å². The fraction of sp³-hybridized carbons (Fsp3) is 0. The van der Waals surface area contributed by atoms with E-state index < -0.39 is 0 Å². The first-order valence-electron chi connectivity index (χ1n) is 7.29. The lowest BCUT2D eigenvalue weighted by Gasteiger charge is -2.08. The van der Waals surface area contributed by atoms with Crippen LogP contribution in [0.5, 0.6) is 11.5 Å². The van der Waals surface area contributed by atoms with Crippen LogP contribution in [-0.4, -0.2) is 11.3 Å². The molecule has 0 aromatic heterocycles. The molecule has 0 N–H and O–H groups in total. The third-order valence-corrected chi connectivity index (χ3v) is 3.58. The summed E-state index contributed by atoms with van der Waals surface area (Å²) < 4.78 is 11.5. The predicted octanol–water partition coefficient (Wildman–Crippen LogP) is 3.90. The van der Waals surface area contributed by atoms with E-state index in [1.54, 1.807) is 48.5 Å². The van der Waals surface area contributed by atoms with Crippen molar-refractivity contribution in [2.45, 2.75) is 0 Å². The molecular formula is C19H11NO4. The van der Waals surface area contributed by atoms with Gasteiger partial charge in [-0.2, -0.15) is 0 Å². The number of fused-ring (bicyclic) bond motifs is 2. The van der Waals surface area contributed by atoms with Gasteiger partial charge >= 0.3 is 0 Å². The highest BCUT2D eigenvalue weighted by molar-refractivity contribution is 5.78. The Morgan fingerprint density at radius 3 is 2.50 bits per heavy atom. The molecule has 2 aliphatic rings. The molecule has 24 heavy (non-hydrogen) atoms. The molecule has 116 valence electrons. The van der Waals surface area contributed by atoms with E-state index in [4.69, 9.17) is 9.15 Å². The Kier molecular flexibility index (Phi) is 3.31. The second kappa shape index (κ2) is 5.62. The Bertz CT molecular complexity index is 1070. The Morgan fingerprint density at radius 2 is 1.71 bits per heavy atom. The van der Waals surface area contributed by atoms with E-state index in [1.165, 1.54) is 12.1 Å². The average Bonchev–Trinajstić information content (AvgIpc) is 2.60. The quantitative estimate of drug-likeness (QED) is 0.423. The Labute approximate surface area is 136 Å². The molecule has 5 nitrogen and oxygen atoms in total. The smallest absolute Gasteiger partial charge is 0.182 e. The summed E-state index contributed by atoms with van der Waals surface area (Å²) in [5, 5.41) is 0. The van der Waals surface area contributed by atoms with Crippen LogP contribution >= 0.6 is 0 Å². The monoisotopic (exact) mass is 317 g/mol. The highest BCUT2D eigenvalue weighted by atomic mass is 16.5. The maximum atomic E-state index is 11.4. The van der Waals surface area contributed by atoms with Gasteiger partial charge in [0.2, 0.25) is 0 Å². The largest absolute Gasteiger partial charge is 0.457 e. The zero-order valence-corrected chi connectivity index (χ0v) is 12.4. The van der Waals surface area contributed by atoms with Crippen molar-refractivity contribution < 1.29 is 13.9 Å². The van der Waals surface area contributed by atoms with Crippen LogP contribution in [0.4, 0.5) is 0 Å². The Morgan fingerprint density at radius 1 is 0.917 bits per heavy atom. The van der Waals surface area contributed by atoms with Crippen molar-refractivity contribution in [3.05, 3.63) is 76.5 Å². The minimum atomic E-state index is -0.130. The molecule has 2 aromatic rings. The molecule has 0 saturated carbocycles. The van der Waals surface area contributed by atoms with Crippen LogP contribution in [0.2, 0.25) is 0 Å². The van der Waals surface area contributed by atoms with Crippen molar-refractivity contribution in [1.29, 1.82) is 0 Å². The van der Waals surface area contributed by atoms with Gasteiger partial charge in [-0.05, 0) is 48.5 Å². The molecule has 0 fully saturated rings. The molecule has 5 heteroatoms. The lowest BCUT2D eigenvalue weighted by atomic mass is 10.2. The van der Waals surface area contributed by atoms with Gasteiger partial charge in [-0.3, -0.25) is 9.59 Å². The normalized spacial score (nSPS) is 10.8. The predicted molar refractivity (Wildman–Crippen MR) is 88.8 cm³/mol. The van der Waals surface area contributed by atoms with Crippen LogP contribution in [0.15, 0.2) is 69.9 Å². The summed E-state index contributed by atoms with van der Waals surface area (Å²) in [6.07, 6.45) is 0.778. The SMILES string of the molecule is O=Cc1ccc(Oc2ccc3nc4ccc(=O)cc-4oc3c2)cc1. The molecule has 0 saturated heterocycles. The van der Waals surface area contributed by atoms with E-state index in [-0.39, 0.29) is 5.43 Å². The Hall–Kier alpha value is -3.47. The first-order valence-corrected chi connectivity index (χ1v) is 7.29. The zero-order chi connectivity index (χ0) is 16.5. The number of nitrogens with zero attached hydrogens (tertiary/aromatic N) is 1. The maximum Gasteiger partial charge on any atom is 0.182 e. The molecule has 0 bridgehead atoms. The van der Waals surface area contributed by atoms with E-state index in [2.05, 4.69) is 4.98 Å². The lowest BCUT2D eigenvalue weighted by molar-refractivity contribution is 0.112. The molecule has 2 aromatic carbocycles. The van der Waals surface area contributed by atoms with Gasteiger partial charge in [0, 0.05) is 17.7 Å². The van der Waals surface area contributed by atoms with Gasteiger partial charge in [0.25, 0.3) is 0 Å². The number of hydrogen-bond acceptors (Lipinski definition) is 5.